The van der Waals surface area contributed by atoms with E-state index in [1.807, 2.05) is 11.8 Å². The summed E-state index contributed by atoms with van der Waals surface area (Å²) in [7, 11) is 0. The molecule has 1 aromatic heterocycles. The van der Waals surface area contributed by atoms with Crippen molar-refractivity contribution in [2.75, 3.05) is 11.5 Å². The molecule has 3 rings (SSSR count). The maximum Gasteiger partial charge on any atom is 0.241 e. The van der Waals surface area contributed by atoms with Crippen LogP contribution in [-0.2, 0) is 4.79 Å². The van der Waals surface area contributed by atoms with Gasteiger partial charge in [-0.2, -0.15) is 11.8 Å². The van der Waals surface area contributed by atoms with E-state index in [4.69, 9.17) is 0 Å². The minimum absolute atomic E-state index is 0.0130. The number of hydrogen-bond donors (Lipinski definition) is 1. The topological polar surface area (TPSA) is 32.3 Å². The Morgan fingerprint density at radius 1 is 1.50 bits per heavy atom. The van der Waals surface area contributed by atoms with Crippen molar-refractivity contribution < 1.29 is 4.79 Å². The average molecular weight is 310 g/mol. The molecule has 0 spiro atoms. The fourth-order valence-corrected chi connectivity index (χ4v) is 5.06. The Morgan fingerprint density at radius 3 is 3.05 bits per heavy atom. The van der Waals surface area contributed by atoms with Crippen molar-refractivity contribution in [1.82, 2.24) is 10.2 Å². The third-order valence-corrected chi connectivity index (χ3v) is 6.23. The molecular weight excluding hydrogens is 288 g/mol. The molecule has 2 aliphatic rings. The van der Waals surface area contributed by atoms with Gasteiger partial charge < -0.3 is 4.90 Å². The van der Waals surface area contributed by atoms with Crippen molar-refractivity contribution in [2.24, 2.45) is 0 Å². The second-order valence-electron chi connectivity index (χ2n) is 5.54. The number of carbonyl (C=O) groups is 1. The number of hydrogen-bond acceptors (Lipinski definition) is 4. The molecule has 1 N–H and O–H groups in total. The normalized spacial score (nSPS) is 30.9. The maximum atomic E-state index is 12.8. The molecule has 0 aromatic carbocycles. The van der Waals surface area contributed by atoms with Crippen molar-refractivity contribution in [2.45, 2.75) is 50.9 Å². The van der Waals surface area contributed by atoms with E-state index in [1.165, 1.54) is 17.1 Å². The smallest absolute Gasteiger partial charge is 0.241 e. The molecule has 2 saturated heterocycles. The molecule has 3 atom stereocenters. The van der Waals surface area contributed by atoms with Gasteiger partial charge in [-0.1, -0.05) is 19.4 Å². The third kappa shape index (κ3) is 2.76. The number of thioether (sulfide) groups is 1. The highest BCUT2D eigenvalue weighted by molar-refractivity contribution is 7.99. The number of nitrogens with zero attached hydrogens (tertiary/aromatic N) is 1. The summed E-state index contributed by atoms with van der Waals surface area (Å²) in [4.78, 5) is 16.2. The van der Waals surface area contributed by atoms with E-state index < -0.39 is 0 Å². The van der Waals surface area contributed by atoms with Gasteiger partial charge in [0.1, 0.15) is 6.17 Å². The summed E-state index contributed by atoms with van der Waals surface area (Å²) in [6, 6.07) is 4.64. The SMILES string of the molecule is CCCC1NC(c2cccs2)N(C2CCCSC2)C1=O. The summed E-state index contributed by atoms with van der Waals surface area (Å²) in [6.45, 7) is 2.15. The predicted molar refractivity (Wildman–Crippen MR) is 86.1 cm³/mol. The van der Waals surface area contributed by atoms with E-state index in [2.05, 4.69) is 34.7 Å². The first kappa shape index (κ1) is 14.4. The lowest BCUT2D eigenvalue weighted by atomic mass is 10.1. The number of thiophene rings is 1. The van der Waals surface area contributed by atoms with Crippen LogP contribution in [0, 0.1) is 0 Å². The highest BCUT2D eigenvalue weighted by Gasteiger charge is 2.43. The first-order valence-electron chi connectivity index (χ1n) is 7.50. The van der Waals surface area contributed by atoms with Crippen LogP contribution in [0.25, 0.3) is 0 Å². The second kappa shape index (κ2) is 6.50. The largest absolute Gasteiger partial charge is 0.317 e. The Morgan fingerprint density at radius 2 is 2.40 bits per heavy atom. The molecule has 5 heteroatoms. The van der Waals surface area contributed by atoms with Gasteiger partial charge in [-0.15, -0.1) is 11.3 Å². The second-order valence-corrected chi connectivity index (χ2v) is 7.67. The van der Waals surface area contributed by atoms with Crippen LogP contribution in [0.3, 0.4) is 0 Å². The van der Waals surface area contributed by atoms with Crippen molar-refractivity contribution in [3.63, 3.8) is 0 Å². The van der Waals surface area contributed by atoms with E-state index >= 15 is 0 Å². The quantitative estimate of drug-likeness (QED) is 0.926. The van der Waals surface area contributed by atoms with Gasteiger partial charge in [-0.3, -0.25) is 10.1 Å². The van der Waals surface area contributed by atoms with Crippen LogP contribution in [0.1, 0.15) is 43.6 Å². The third-order valence-electron chi connectivity index (χ3n) is 4.11. The van der Waals surface area contributed by atoms with Crippen LogP contribution in [0.4, 0.5) is 0 Å². The molecule has 1 amide bonds. The lowest BCUT2D eigenvalue weighted by molar-refractivity contribution is -0.132. The molecule has 20 heavy (non-hydrogen) atoms. The molecule has 0 radical (unpaired) electrons. The summed E-state index contributed by atoms with van der Waals surface area (Å²) >= 11 is 3.73. The summed E-state index contributed by atoms with van der Waals surface area (Å²) in [6.07, 6.45) is 4.48. The number of rotatable bonds is 4. The van der Waals surface area contributed by atoms with Gasteiger partial charge in [-0.25, -0.2) is 0 Å². The van der Waals surface area contributed by atoms with Crippen LogP contribution < -0.4 is 5.32 Å². The first-order chi connectivity index (χ1) is 9.81. The number of amides is 1. The van der Waals surface area contributed by atoms with Gasteiger partial charge in [0.15, 0.2) is 0 Å². The van der Waals surface area contributed by atoms with Crippen LogP contribution in [0.15, 0.2) is 17.5 Å². The zero-order valence-corrected chi connectivity index (χ0v) is 13.5. The molecule has 1 aromatic rings. The van der Waals surface area contributed by atoms with Crippen molar-refractivity contribution in [3.8, 4) is 0 Å². The highest BCUT2D eigenvalue weighted by atomic mass is 32.2. The van der Waals surface area contributed by atoms with Gasteiger partial charge in [0.2, 0.25) is 5.91 Å². The summed E-state index contributed by atoms with van der Waals surface area (Å²) in [5, 5.41) is 5.67. The minimum atomic E-state index is 0.0130. The lowest BCUT2D eigenvalue weighted by Gasteiger charge is -2.34. The Bertz CT molecular complexity index is 443. The fourth-order valence-electron chi connectivity index (χ4n) is 3.14. The van der Waals surface area contributed by atoms with E-state index in [1.54, 1.807) is 11.3 Å². The van der Waals surface area contributed by atoms with Crippen molar-refractivity contribution >= 4 is 29.0 Å². The molecule has 0 saturated carbocycles. The van der Waals surface area contributed by atoms with Crippen LogP contribution in [-0.4, -0.2) is 34.4 Å². The zero-order valence-electron chi connectivity index (χ0n) is 11.9. The van der Waals surface area contributed by atoms with Gasteiger partial charge in [-0.05, 0) is 36.5 Å². The van der Waals surface area contributed by atoms with E-state index in [-0.39, 0.29) is 12.2 Å². The molecule has 2 fully saturated rings. The average Bonchev–Trinajstić information content (AvgIpc) is 3.09. The van der Waals surface area contributed by atoms with E-state index in [9.17, 15) is 4.79 Å². The Kier molecular flexibility index (Phi) is 4.68. The van der Waals surface area contributed by atoms with Crippen molar-refractivity contribution in [1.29, 1.82) is 0 Å². The standard InChI is InChI=1S/C15H22N2OS2/c1-2-5-12-15(18)17(11-6-3-8-19-10-11)14(16-12)13-7-4-9-20-13/h4,7,9,11-12,14,16H,2-3,5-6,8,10H2,1H3. The predicted octanol–water partition coefficient (Wildman–Crippen LogP) is 3.24. The van der Waals surface area contributed by atoms with Crippen LogP contribution >= 0.6 is 23.1 Å². The number of carbonyl (C=O) groups excluding carboxylic acids is 1. The molecular formula is C15H22N2OS2. The maximum absolute atomic E-state index is 12.8. The number of nitrogens with one attached hydrogen (secondary N) is 1. The zero-order chi connectivity index (χ0) is 13.9. The Hall–Kier alpha value is -0.520. The minimum Gasteiger partial charge on any atom is -0.317 e. The van der Waals surface area contributed by atoms with Gasteiger partial charge >= 0.3 is 0 Å². The first-order valence-corrected chi connectivity index (χ1v) is 9.54. The summed E-state index contributed by atoms with van der Waals surface area (Å²) in [5.41, 5.74) is 0. The van der Waals surface area contributed by atoms with Gasteiger partial charge in [0, 0.05) is 16.7 Å². The monoisotopic (exact) mass is 310 g/mol. The molecule has 3 unspecified atom stereocenters. The molecule has 0 aliphatic carbocycles. The lowest BCUT2D eigenvalue weighted by Crippen LogP contribution is -2.42. The van der Waals surface area contributed by atoms with Gasteiger partial charge in [0.05, 0.1) is 6.04 Å². The summed E-state index contributed by atoms with van der Waals surface area (Å²) in [5.74, 6) is 2.65. The fraction of sp³-hybridized carbons (Fsp3) is 0.667. The van der Waals surface area contributed by atoms with E-state index in [0.717, 1.165) is 25.0 Å². The molecule has 2 aliphatic heterocycles. The van der Waals surface area contributed by atoms with Gasteiger partial charge in [0.25, 0.3) is 0 Å². The summed E-state index contributed by atoms with van der Waals surface area (Å²) < 4.78 is 0. The highest BCUT2D eigenvalue weighted by Crippen LogP contribution is 2.35. The molecule has 3 heterocycles. The van der Waals surface area contributed by atoms with Crippen molar-refractivity contribution in [3.05, 3.63) is 22.4 Å². The Balaban J connectivity index is 1.83. The van der Waals surface area contributed by atoms with Crippen LogP contribution in [0.2, 0.25) is 0 Å². The molecule has 3 nitrogen and oxygen atoms in total. The Labute approximate surface area is 129 Å². The van der Waals surface area contributed by atoms with E-state index in [0.29, 0.717) is 11.9 Å². The van der Waals surface area contributed by atoms with Crippen LogP contribution in [0.5, 0.6) is 0 Å². The molecule has 0 bridgehead atoms. The molecule has 110 valence electrons.